The van der Waals surface area contributed by atoms with Crippen LogP contribution in [-0.4, -0.2) is 50.2 Å². The van der Waals surface area contributed by atoms with Crippen molar-refractivity contribution >= 4 is 45.4 Å². The molecule has 0 radical (unpaired) electrons. The molecule has 1 aliphatic rings. The number of piperazine rings is 1. The van der Waals surface area contributed by atoms with Crippen molar-refractivity contribution in [3.05, 3.63) is 75.9 Å². The highest BCUT2D eigenvalue weighted by Gasteiger charge is 2.28. The summed E-state index contributed by atoms with van der Waals surface area (Å²) in [6.07, 6.45) is 0. The average molecular weight is 475 g/mol. The zero-order chi connectivity index (χ0) is 22.4. The lowest BCUT2D eigenvalue weighted by Crippen LogP contribution is -2.52. The molecule has 1 saturated heterocycles. The van der Waals surface area contributed by atoms with Gasteiger partial charge in [-0.05, 0) is 65.7 Å². The molecule has 166 valence electrons. The van der Waals surface area contributed by atoms with Gasteiger partial charge >= 0.3 is 0 Å². The normalized spacial score (nSPS) is 17.3. The van der Waals surface area contributed by atoms with Gasteiger partial charge in [0.2, 0.25) is 5.95 Å². The highest BCUT2D eigenvalue weighted by Crippen LogP contribution is 2.30. The van der Waals surface area contributed by atoms with Crippen LogP contribution < -0.4 is 4.90 Å². The molecule has 0 aliphatic carbocycles. The van der Waals surface area contributed by atoms with E-state index in [1.54, 1.807) is 11.3 Å². The zero-order valence-corrected chi connectivity index (χ0v) is 19.8. The molecule has 0 amide bonds. The van der Waals surface area contributed by atoms with Crippen molar-refractivity contribution in [2.45, 2.75) is 19.5 Å². The number of hydrogen-bond acceptors (Lipinski definition) is 6. The lowest BCUT2D eigenvalue weighted by molar-refractivity contribution is 0.180. The Kier molecular flexibility index (Phi) is 5.25. The Morgan fingerprint density at radius 2 is 1.88 bits per heavy atom. The summed E-state index contributed by atoms with van der Waals surface area (Å²) < 4.78 is 2.10. The molecular weight excluding hydrogens is 452 g/mol. The number of rotatable bonds is 4. The monoisotopic (exact) mass is 474 g/mol. The Morgan fingerprint density at radius 1 is 1.03 bits per heavy atom. The fourth-order valence-corrected chi connectivity index (χ4v) is 5.38. The van der Waals surface area contributed by atoms with Gasteiger partial charge in [0, 0.05) is 48.2 Å². The third-order valence-corrected chi connectivity index (χ3v) is 7.33. The fraction of sp³-hybridized carbons (Fsp3) is 0.240. The summed E-state index contributed by atoms with van der Waals surface area (Å²) in [5, 5.41) is 15.3. The minimum absolute atomic E-state index is 0.400. The van der Waals surface area contributed by atoms with E-state index >= 15 is 0 Å². The number of halogens is 1. The van der Waals surface area contributed by atoms with Gasteiger partial charge in [-0.3, -0.25) is 4.90 Å². The average Bonchev–Trinajstić information content (AvgIpc) is 3.51. The summed E-state index contributed by atoms with van der Waals surface area (Å²) in [7, 11) is 0. The molecule has 1 fully saturated rings. The molecule has 0 N–H and O–H groups in total. The molecule has 1 atom stereocenters. The van der Waals surface area contributed by atoms with Crippen LogP contribution in [0.3, 0.4) is 0 Å². The standard InChI is InChI=1S/C25H23ClN6S/c1-17-14-31(12-11-30(17)15-18-10-13-33-16-18)25-27-22-5-3-2-4-21(22)24-29-28-23(32(24)25)19-6-8-20(26)9-7-19/h2-10,13,16-17H,11-12,14-15H2,1H3/t17-/m1/s1. The lowest BCUT2D eigenvalue weighted by Gasteiger charge is -2.40. The van der Waals surface area contributed by atoms with Gasteiger partial charge in [-0.1, -0.05) is 23.7 Å². The minimum Gasteiger partial charge on any atom is -0.339 e. The van der Waals surface area contributed by atoms with Crippen LogP contribution in [-0.2, 0) is 6.54 Å². The van der Waals surface area contributed by atoms with Crippen LogP contribution >= 0.6 is 22.9 Å². The molecule has 8 heteroatoms. The number of fused-ring (bicyclic) bond motifs is 3. The molecule has 0 saturated carbocycles. The molecular formula is C25H23ClN6S. The number of anilines is 1. The zero-order valence-electron chi connectivity index (χ0n) is 18.2. The fourth-order valence-electron chi connectivity index (χ4n) is 4.59. The highest BCUT2D eigenvalue weighted by atomic mass is 35.5. The Morgan fingerprint density at radius 3 is 2.67 bits per heavy atom. The van der Waals surface area contributed by atoms with E-state index in [0.717, 1.165) is 60.1 Å². The van der Waals surface area contributed by atoms with E-state index in [1.165, 1.54) is 5.56 Å². The first kappa shape index (κ1) is 20.6. The van der Waals surface area contributed by atoms with Crippen molar-refractivity contribution < 1.29 is 0 Å². The largest absolute Gasteiger partial charge is 0.339 e. The van der Waals surface area contributed by atoms with Gasteiger partial charge in [-0.2, -0.15) is 11.3 Å². The second-order valence-corrected chi connectivity index (χ2v) is 9.73. The number of benzene rings is 2. The Bertz CT molecular complexity index is 1410. The summed E-state index contributed by atoms with van der Waals surface area (Å²) in [6.45, 7) is 6.05. The van der Waals surface area contributed by atoms with Crippen molar-refractivity contribution in [3.63, 3.8) is 0 Å². The van der Waals surface area contributed by atoms with Crippen molar-refractivity contribution in [2.75, 3.05) is 24.5 Å². The van der Waals surface area contributed by atoms with Gasteiger partial charge in [0.15, 0.2) is 11.5 Å². The van der Waals surface area contributed by atoms with Crippen LogP contribution in [0.2, 0.25) is 5.02 Å². The molecule has 4 heterocycles. The minimum atomic E-state index is 0.400. The molecule has 0 unspecified atom stereocenters. The Labute approximate surface area is 201 Å². The summed E-state index contributed by atoms with van der Waals surface area (Å²) in [5.74, 6) is 1.67. The number of para-hydroxylation sites is 1. The first-order chi connectivity index (χ1) is 16.2. The number of aromatic nitrogens is 4. The van der Waals surface area contributed by atoms with E-state index in [1.807, 2.05) is 42.5 Å². The molecule has 6 nitrogen and oxygen atoms in total. The molecule has 3 aromatic heterocycles. The van der Waals surface area contributed by atoms with Gasteiger partial charge < -0.3 is 4.90 Å². The second-order valence-electron chi connectivity index (χ2n) is 8.52. The third kappa shape index (κ3) is 3.76. The summed E-state index contributed by atoms with van der Waals surface area (Å²) in [4.78, 5) is 10.0. The molecule has 0 bridgehead atoms. The molecule has 0 spiro atoms. The van der Waals surface area contributed by atoms with Crippen LogP contribution in [0.15, 0.2) is 65.4 Å². The maximum Gasteiger partial charge on any atom is 0.213 e. The predicted molar refractivity (Wildman–Crippen MR) is 135 cm³/mol. The third-order valence-electron chi connectivity index (χ3n) is 6.34. The van der Waals surface area contributed by atoms with Crippen LogP contribution in [0.4, 0.5) is 5.95 Å². The first-order valence-corrected chi connectivity index (χ1v) is 12.4. The Balaban J connectivity index is 1.43. The summed E-state index contributed by atoms with van der Waals surface area (Å²) >= 11 is 7.89. The van der Waals surface area contributed by atoms with E-state index in [2.05, 4.69) is 54.2 Å². The van der Waals surface area contributed by atoms with Gasteiger partial charge in [-0.25, -0.2) is 9.38 Å². The van der Waals surface area contributed by atoms with Gasteiger partial charge in [-0.15, -0.1) is 10.2 Å². The SMILES string of the molecule is C[C@@H]1CN(c2nc3ccccc3c3nnc(-c4ccc(Cl)cc4)n23)CCN1Cc1ccsc1. The lowest BCUT2D eigenvalue weighted by atomic mass is 10.1. The van der Waals surface area contributed by atoms with E-state index in [0.29, 0.717) is 11.1 Å². The number of hydrogen-bond donors (Lipinski definition) is 0. The smallest absolute Gasteiger partial charge is 0.213 e. The topological polar surface area (TPSA) is 49.6 Å². The molecule has 33 heavy (non-hydrogen) atoms. The van der Waals surface area contributed by atoms with Crippen LogP contribution in [0.25, 0.3) is 27.9 Å². The highest BCUT2D eigenvalue weighted by molar-refractivity contribution is 7.07. The van der Waals surface area contributed by atoms with Crippen LogP contribution in [0.1, 0.15) is 12.5 Å². The second kappa shape index (κ2) is 8.41. The van der Waals surface area contributed by atoms with Gasteiger partial charge in [0.25, 0.3) is 0 Å². The van der Waals surface area contributed by atoms with E-state index < -0.39 is 0 Å². The van der Waals surface area contributed by atoms with E-state index in [4.69, 9.17) is 16.6 Å². The molecule has 6 rings (SSSR count). The molecule has 1 aliphatic heterocycles. The maximum absolute atomic E-state index is 6.14. The molecule has 2 aromatic carbocycles. The van der Waals surface area contributed by atoms with Gasteiger partial charge in [0.05, 0.1) is 5.52 Å². The van der Waals surface area contributed by atoms with Gasteiger partial charge in [0.1, 0.15) is 0 Å². The van der Waals surface area contributed by atoms with Crippen LogP contribution in [0, 0.1) is 0 Å². The predicted octanol–water partition coefficient (Wildman–Crippen LogP) is 5.37. The maximum atomic E-state index is 6.14. The summed E-state index contributed by atoms with van der Waals surface area (Å²) in [5.41, 5.74) is 4.11. The number of nitrogens with zero attached hydrogens (tertiary/aromatic N) is 6. The quantitative estimate of drug-likeness (QED) is 0.350. The number of thiophene rings is 1. The summed E-state index contributed by atoms with van der Waals surface area (Å²) in [6, 6.07) is 18.5. The van der Waals surface area contributed by atoms with Crippen molar-refractivity contribution in [3.8, 4) is 11.4 Å². The Hall–Kier alpha value is -3.00. The van der Waals surface area contributed by atoms with E-state index in [-0.39, 0.29) is 0 Å². The van der Waals surface area contributed by atoms with Crippen molar-refractivity contribution in [1.29, 1.82) is 0 Å². The van der Waals surface area contributed by atoms with E-state index in [9.17, 15) is 0 Å². The van der Waals surface area contributed by atoms with Crippen molar-refractivity contribution in [2.24, 2.45) is 0 Å². The molecule has 5 aromatic rings. The van der Waals surface area contributed by atoms with Crippen LogP contribution in [0.5, 0.6) is 0 Å². The first-order valence-electron chi connectivity index (χ1n) is 11.1. The van der Waals surface area contributed by atoms with Crippen molar-refractivity contribution in [1.82, 2.24) is 24.5 Å².